The van der Waals surface area contributed by atoms with Crippen molar-refractivity contribution in [1.29, 1.82) is 0 Å². The Morgan fingerprint density at radius 2 is 1.71 bits per heavy atom. The van der Waals surface area contributed by atoms with Crippen LogP contribution in [0.4, 0.5) is 5.69 Å². The number of aromatic nitrogens is 1. The largest absolute Gasteiger partial charge is 0.486 e. The number of aryl methyl sites for hydroxylation is 1. The highest BCUT2D eigenvalue weighted by Crippen LogP contribution is 2.33. The first-order valence-corrected chi connectivity index (χ1v) is 10.7. The predicted molar refractivity (Wildman–Crippen MR) is 125 cm³/mol. The summed E-state index contributed by atoms with van der Waals surface area (Å²) in [5.74, 6) is 1.10. The van der Waals surface area contributed by atoms with Crippen LogP contribution in [0.15, 0.2) is 71.2 Å². The highest BCUT2D eigenvalue weighted by Gasteiger charge is 2.17. The van der Waals surface area contributed by atoms with Crippen LogP contribution in [0.2, 0.25) is 0 Å². The van der Waals surface area contributed by atoms with Gasteiger partial charge in [0, 0.05) is 27.2 Å². The fourth-order valence-corrected chi connectivity index (χ4v) is 3.94. The van der Waals surface area contributed by atoms with Crippen molar-refractivity contribution in [2.24, 2.45) is 0 Å². The molecule has 0 spiro atoms. The van der Waals surface area contributed by atoms with Crippen LogP contribution in [0.25, 0.3) is 22.2 Å². The molecule has 1 aliphatic rings. The molecule has 6 heteroatoms. The summed E-state index contributed by atoms with van der Waals surface area (Å²) in [4.78, 5) is 18.1. The summed E-state index contributed by atoms with van der Waals surface area (Å²) in [6.45, 7) is 3.06. The third kappa shape index (κ3) is 3.99. The summed E-state index contributed by atoms with van der Waals surface area (Å²) < 4.78 is 12.1. The van der Waals surface area contributed by atoms with Crippen LogP contribution >= 0.6 is 15.9 Å². The van der Waals surface area contributed by atoms with E-state index in [2.05, 4.69) is 21.2 Å². The fourth-order valence-electron chi connectivity index (χ4n) is 3.58. The van der Waals surface area contributed by atoms with Gasteiger partial charge in [-0.2, -0.15) is 0 Å². The van der Waals surface area contributed by atoms with E-state index in [4.69, 9.17) is 14.5 Å². The van der Waals surface area contributed by atoms with Crippen LogP contribution < -0.4 is 14.8 Å². The molecule has 4 aromatic rings. The van der Waals surface area contributed by atoms with Gasteiger partial charge in [-0.15, -0.1) is 0 Å². The molecule has 0 saturated heterocycles. The van der Waals surface area contributed by atoms with E-state index in [1.54, 1.807) is 6.07 Å². The number of fused-ring (bicyclic) bond motifs is 2. The Kier molecular flexibility index (Phi) is 5.08. The number of ether oxygens (including phenoxy) is 2. The lowest BCUT2D eigenvalue weighted by molar-refractivity contribution is 0.102. The summed E-state index contributed by atoms with van der Waals surface area (Å²) in [7, 11) is 0. The highest BCUT2D eigenvalue weighted by molar-refractivity contribution is 9.10. The van der Waals surface area contributed by atoms with Crippen LogP contribution in [-0.4, -0.2) is 24.1 Å². The van der Waals surface area contributed by atoms with Crippen molar-refractivity contribution in [3.63, 3.8) is 0 Å². The summed E-state index contributed by atoms with van der Waals surface area (Å²) in [6.07, 6.45) is 0. The van der Waals surface area contributed by atoms with E-state index in [9.17, 15) is 4.79 Å². The van der Waals surface area contributed by atoms with E-state index in [0.717, 1.165) is 26.6 Å². The number of anilines is 1. The van der Waals surface area contributed by atoms with Gasteiger partial charge in [-0.05, 0) is 43.3 Å². The number of hydrogen-bond donors (Lipinski definition) is 1. The smallest absolute Gasteiger partial charge is 0.256 e. The molecule has 31 heavy (non-hydrogen) atoms. The maximum atomic E-state index is 13.3. The number of carbonyl (C=O) groups excluding carboxylic acids is 1. The summed E-state index contributed by atoms with van der Waals surface area (Å²) in [6, 6.07) is 21.1. The molecule has 1 N–H and O–H groups in total. The molecule has 5 rings (SSSR count). The molecule has 3 aromatic carbocycles. The molecular formula is C25H19BrN2O3. The standard InChI is InChI=1S/C25H19BrN2O3/c1-15-2-4-16(5-3-15)22-14-20(19-12-17(26)6-8-21(19)28-22)25(29)27-18-7-9-23-24(13-18)31-11-10-30-23/h2-9,12-14H,10-11H2,1H3,(H,27,29). The first-order valence-electron chi connectivity index (χ1n) is 9.95. The van der Waals surface area contributed by atoms with E-state index in [1.807, 2.05) is 67.6 Å². The molecule has 1 amide bonds. The van der Waals surface area contributed by atoms with Gasteiger partial charge in [-0.25, -0.2) is 4.98 Å². The van der Waals surface area contributed by atoms with Crippen LogP contribution in [0.3, 0.4) is 0 Å². The first-order chi connectivity index (χ1) is 15.1. The maximum Gasteiger partial charge on any atom is 0.256 e. The van der Waals surface area contributed by atoms with Gasteiger partial charge in [-0.1, -0.05) is 45.8 Å². The maximum absolute atomic E-state index is 13.3. The minimum absolute atomic E-state index is 0.212. The lowest BCUT2D eigenvalue weighted by Gasteiger charge is -2.19. The molecule has 0 aliphatic carbocycles. The number of carbonyl (C=O) groups is 1. The van der Waals surface area contributed by atoms with Crippen molar-refractivity contribution in [2.75, 3.05) is 18.5 Å². The summed E-state index contributed by atoms with van der Waals surface area (Å²) in [5.41, 5.74) is 4.84. The molecule has 0 fully saturated rings. The lowest BCUT2D eigenvalue weighted by atomic mass is 10.0. The Hall–Kier alpha value is -3.38. The van der Waals surface area contributed by atoms with Gasteiger partial charge in [0.2, 0.25) is 0 Å². The van der Waals surface area contributed by atoms with Gasteiger partial charge in [0.15, 0.2) is 11.5 Å². The van der Waals surface area contributed by atoms with Gasteiger partial charge >= 0.3 is 0 Å². The Labute approximate surface area is 188 Å². The minimum Gasteiger partial charge on any atom is -0.486 e. The molecule has 0 saturated carbocycles. The second kappa shape index (κ2) is 8.04. The van der Waals surface area contributed by atoms with E-state index < -0.39 is 0 Å². The molecular weight excluding hydrogens is 456 g/mol. The summed E-state index contributed by atoms with van der Waals surface area (Å²) >= 11 is 3.51. The minimum atomic E-state index is -0.212. The predicted octanol–water partition coefficient (Wildman–Crippen LogP) is 6.00. The van der Waals surface area contributed by atoms with E-state index in [1.165, 1.54) is 5.56 Å². The number of benzene rings is 3. The van der Waals surface area contributed by atoms with Crippen LogP contribution in [0, 0.1) is 6.92 Å². The molecule has 0 bridgehead atoms. The molecule has 154 valence electrons. The van der Waals surface area contributed by atoms with E-state index >= 15 is 0 Å². The third-order valence-corrected chi connectivity index (χ3v) is 5.66. The Balaban J connectivity index is 1.56. The van der Waals surface area contributed by atoms with Gasteiger partial charge in [0.1, 0.15) is 13.2 Å². The van der Waals surface area contributed by atoms with Gasteiger partial charge in [0.05, 0.1) is 16.8 Å². The quantitative estimate of drug-likeness (QED) is 0.395. The van der Waals surface area contributed by atoms with Gasteiger partial charge in [0.25, 0.3) is 5.91 Å². The normalized spacial score (nSPS) is 12.6. The number of amides is 1. The first kappa shape index (κ1) is 19.6. The number of nitrogens with one attached hydrogen (secondary N) is 1. The number of halogens is 1. The number of rotatable bonds is 3. The topological polar surface area (TPSA) is 60.5 Å². The second-order valence-electron chi connectivity index (χ2n) is 7.40. The van der Waals surface area contributed by atoms with Gasteiger partial charge in [-0.3, -0.25) is 4.79 Å². The van der Waals surface area contributed by atoms with Crippen molar-refractivity contribution in [3.05, 3.63) is 82.3 Å². The van der Waals surface area contributed by atoms with Crippen LogP contribution in [-0.2, 0) is 0 Å². The molecule has 1 aromatic heterocycles. The average molecular weight is 475 g/mol. The molecule has 2 heterocycles. The van der Waals surface area contributed by atoms with Crippen molar-refractivity contribution in [1.82, 2.24) is 4.98 Å². The Morgan fingerprint density at radius 1 is 0.935 bits per heavy atom. The van der Waals surface area contributed by atoms with Crippen molar-refractivity contribution >= 4 is 38.4 Å². The molecule has 0 radical (unpaired) electrons. The second-order valence-corrected chi connectivity index (χ2v) is 8.31. The Bertz CT molecular complexity index is 1300. The molecule has 0 atom stereocenters. The van der Waals surface area contributed by atoms with Gasteiger partial charge < -0.3 is 14.8 Å². The van der Waals surface area contributed by atoms with Crippen molar-refractivity contribution in [3.8, 4) is 22.8 Å². The fraction of sp³-hybridized carbons (Fsp3) is 0.120. The molecule has 1 aliphatic heterocycles. The molecule has 0 unspecified atom stereocenters. The monoisotopic (exact) mass is 474 g/mol. The van der Waals surface area contributed by atoms with Crippen molar-refractivity contribution in [2.45, 2.75) is 6.92 Å². The van der Waals surface area contributed by atoms with Crippen LogP contribution in [0.5, 0.6) is 11.5 Å². The zero-order valence-corrected chi connectivity index (χ0v) is 18.4. The van der Waals surface area contributed by atoms with Crippen molar-refractivity contribution < 1.29 is 14.3 Å². The SMILES string of the molecule is Cc1ccc(-c2cc(C(=O)Nc3ccc4c(c3)OCCO4)c3cc(Br)ccc3n2)cc1. The molecule has 5 nitrogen and oxygen atoms in total. The van der Waals surface area contributed by atoms with E-state index in [-0.39, 0.29) is 5.91 Å². The number of hydrogen-bond acceptors (Lipinski definition) is 4. The average Bonchev–Trinajstić information content (AvgIpc) is 2.79. The highest BCUT2D eigenvalue weighted by atomic mass is 79.9. The zero-order chi connectivity index (χ0) is 21.4. The van der Waals surface area contributed by atoms with E-state index in [0.29, 0.717) is 36.0 Å². The third-order valence-electron chi connectivity index (χ3n) is 5.16. The van der Waals surface area contributed by atoms with Crippen LogP contribution in [0.1, 0.15) is 15.9 Å². The Morgan fingerprint density at radius 3 is 2.52 bits per heavy atom. The summed E-state index contributed by atoms with van der Waals surface area (Å²) in [5, 5.41) is 3.77. The lowest BCUT2D eigenvalue weighted by Crippen LogP contribution is -2.16. The number of nitrogens with zero attached hydrogens (tertiary/aromatic N) is 1. The number of pyridine rings is 1. The zero-order valence-electron chi connectivity index (χ0n) is 16.8.